The minimum absolute atomic E-state index is 0.0853. The van der Waals surface area contributed by atoms with E-state index >= 15 is 0 Å². The molecule has 0 saturated carbocycles. The molecule has 214 valence electrons. The normalized spacial score (nSPS) is 23.0. The van der Waals surface area contributed by atoms with Crippen LogP contribution in [0.2, 0.25) is 0 Å². The highest BCUT2D eigenvalue weighted by atomic mass is 16.5. The van der Waals surface area contributed by atoms with Crippen molar-refractivity contribution >= 4 is 22.7 Å². The lowest BCUT2D eigenvalue weighted by molar-refractivity contribution is -0.137. The SMILES string of the molecule is C[C@@H]1CN([C@@H](C)CO)C(=O)c2c(c3ccccc3n2C)-c2ccccc2CO[C@@H]1CN(C)C(=O)[C@@H]1CCCN1C. The smallest absolute Gasteiger partial charge is 0.271 e. The monoisotopic (exact) mass is 546 g/mol. The second-order valence-corrected chi connectivity index (χ2v) is 11.6. The summed E-state index contributed by atoms with van der Waals surface area (Å²) in [4.78, 5) is 33.5. The summed E-state index contributed by atoms with van der Waals surface area (Å²) in [5.41, 5.74) is 4.44. The van der Waals surface area contributed by atoms with Gasteiger partial charge in [-0.05, 0) is 50.6 Å². The van der Waals surface area contributed by atoms with Crippen molar-refractivity contribution in [1.29, 1.82) is 0 Å². The summed E-state index contributed by atoms with van der Waals surface area (Å²) in [6.07, 6.45) is 1.60. The highest BCUT2D eigenvalue weighted by molar-refractivity contribution is 6.10. The molecule has 0 radical (unpaired) electrons. The number of benzene rings is 2. The fourth-order valence-electron chi connectivity index (χ4n) is 6.36. The minimum atomic E-state index is -0.385. The minimum Gasteiger partial charge on any atom is -0.394 e. The van der Waals surface area contributed by atoms with E-state index in [0.717, 1.165) is 47.0 Å². The largest absolute Gasteiger partial charge is 0.394 e. The molecule has 1 saturated heterocycles. The van der Waals surface area contributed by atoms with Gasteiger partial charge in [0.1, 0.15) is 5.69 Å². The summed E-state index contributed by atoms with van der Waals surface area (Å²) in [6, 6.07) is 15.7. The first-order valence-electron chi connectivity index (χ1n) is 14.4. The molecule has 0 unspecified atom stereocenters. The molecule has 3 aromatic rings. The molecule has 40 heavy (non-hydrogen) atoms. The Morgan fingerprint density at radius 1 is 1.15 bits per heavy atom. The predicted octanol–water partition coefficient (Wildman–Crippen LogP) is 3.76. The molecular weight excluding hydrogens is 504 g/mol. The zero-order valence-corrected chi connectivity index (χ0v) is 24.3. The van der Waals surface area contributed by atoms with E-state index in [0.29, 0.717) is 25.4 Å². The van der Waals surface area contributed by atoms with Crippen molar-refractivity contribution in [3.63, 3.8) is 0 Å². The maximum Gasteiger partial charge on any atom is 0.271 e. The van der Waals surface area contributed by atoms with Crippen molar-refractivity contribution in [2.45, 2.75) is 51.5 Å². The summed E-state index contributed by atoms with van der Waals surface area (Å²) >= 11 is 0. The topological polar surface area (TPSA) is 78.2 Å². The van der Waals surface area contributed by atoms with Crippen LogP contribution in [0.25, 0.3) is 22.0 Å². The van der Waals surface area contributed by atoms with E-state index in [1.54, 1.807) is 9.80 Å². The van der Waals surface area contributed by atoms with E-state index in [1.807, 2.05) is 63.0 Å². The zero-order valence-electron chi connectivity index (χ0n) is 24.3. The second kappa shape index (κ2) is 11.7. The average molecular weight is 547 g/mol. The number of likely N-dealkylation sites (N-methyl/N-ethyl adjacent to an activating group) is 2. The van der Waals surface area contributed by atoms with Gasteiger partial charge < -0.3 is 24.2 Å². The molecule has 0 spiro atoms. The first kappa shape index (κ1) is 28.3. The lowest BCUT2D eigenvalue weighted by Gasteiger charge is -2.35. The van der Waals surface area contributed by atoms with Gasteiger partial charge in [-0.3, -0.25) is 14.5 Å². The van der Waals surface area contributed by atoms with E-state index < -0.39 is 0 Å². The number of hydrogen-bond donors (Lipinski definition) is 1. The molecule has 0 bridgehead atoms. The number of rotatable bonds is 5. The highest BCUT2D eigenvalue weighted by Crippen LogP contribution is 2.38. The number of nitrogens with zero attached hydrogens (tertiary/aromatic N) is 4. The fraction of sp³-hybridized carbons (Fsp3) is 0.500. The van der Waals surface area contributed by atoms with Gasteiger partial charge in [0.15, 0.2) is 0 Å². The molecule has 5 rings (SSSR count). The maximum absolute atomic E-state index is 14.4. The van der Waals surface area contributed by atoms with Gasteiger partial charge in [0.05, 0.1) is 31.4 Å². The van der Waals surface area contributed by atoms with Crippen molar-refractivity contribution in [3.8, 4) is 11.1 Å². The summed E-state index contributed by atoms with van der Waals surface area (Å²) in [7, 11) is 5.80. The Labute approximate surface area is 237 Å². The summed E-state index contributed by atoms with van der Waals surface area (Å²) in [6.45, 7) is 5.92. The van der Waals surface area contributed by atoms with Gasteiger partial charge in [0.2, 0.25) is 5.91 Å². The molecule has 0 aliphatic carbocycles. The van der Waals surface area contributed by atoms with E-state index in [2.05, 4.69) is 30.0 Å². The third-order valence-corrected chi connectivity index (χ3v) is 8.86. The van der Waals surface area contributed by atoms with Crippen molar-refractivity contribution in [3.05, 3.63) is 59.8 Å². The Morgan fingerprint density at radius 3 is 2.60 bits per heavy atom. The molecule has 8 heteroatoms. The van der Waals surface area contributed by atoms with Crippen LogP contribution in [-0.2, 0) is 23.2 Å². The lowest BCUT2D eigenvalue weighted by Crippen LogP contribution is -2.49. The molecule has 2 amide bonds. The van der Waals surface area contributed by atoms with E-state index in [-0.39, 0.29) is 42.5 Å². The number of para-hydroxylation sites is 1. The molecule has 4 atom stereocenters. The summed E-state index contributed by atoms with van der Waals surface area (Å²) in [5, 5.41) is 11.2. The number of aryl methyl sites for hydroxylation is 1. The molecule has 1 N–H and O–H groups in total. The van der Waals surface area contributed by atoms with E-state index in [9.17, 15) is 14.7 Å². The highest BCUT2D eigenvalue weighted by Gasteiger charge is 2.35. The third-order valence-electron chi connectivity index (χ3n) is 8.86. The van der Waals surface area contributed by atoms with Crippen molar-refractivity contribution in [1.82, 2.24) is 19.3 Å². The number of ether oxygens (including phenoxy) is 1. The number of fused-ring (bicyclic) bond motifs is 5. The van der Waals surface area contributed by atoms with Crippen LogP contribution in [0.1, 0.15) is 42.7 Å². The summed E-state index contributed by atoms with van der Waals surface area (Å²) in [5.74, 6) is -0.0893. The predicted molar refractivity (Wildman–Crippen MR) is 157 cm³/mol. The van der Waals surface area contributed by atoms with Gasteiger partial charge in [-0.25, -0.2) is 0 Å². The van der Waals surface area contributed by atoms with Gasteiger partial charge in [-0.1, -0.05) is 49.4 Å². The van der Waals surface area contributed by atoms with Crippen LogP contribution in [0.4, 0.5) is 0 Å². The van der Waals surface area contributed by atoms with Gasteiger partial charge in [-0.2, -0.15) is 0 Å². The summed E-state index contributed by atoms with van der Waals surface area (Å²) < 4.78 is 8.62. The third kappa shape index (κ3) is 5.16. The van der Waals surface area contributed by atoms with Crippen LogP contribution in [0.5, 0.6) is 0 Å². The Morgan fingerprint density at radius 2 is 1.88 bits per heavy atom. The second-order valence-electron chi connectivity index (χ2n) is 11.6. The quantitative estimate of drug-likeness (QED) is 0.528. The van der Waals surface area contributed by atoms with Crippen LogP contribution < -0.4 is 0 Å². The molecule has 3 heterocycles. The number of aliphatic hydroxyl groups excluding tert-OH is 1. The molecule has 1 aromatic heterocycles. The molecule has 2 aliphatic rings. The number of carbonyl (C=O) groups excluding carboxylic acids is 2. The first-order chi connectivity index (χ1) is 19.2. The number of hydrogen-bond acceptors (Lipinski definition) is 5. The molecule has 2 aromatic carbocycles. The van der Waals surface area contributed by atoms with Crippen LogP contribution >= 0.6 is 0 Å². The van der Waals surface area contributed by atoms with E-state index in [1.165, 1.54) is 0 Å². The van der Waals surface area contributed by atoms with Crippen LogP contribution in [0, 0.1) is 5.92 Å². The molecule has 1 fully saturated rings. The Kier molecular flexibility index (Phi) is 8.31. The lowest BCUT2D eigenvalue weighted by atomic mass is 9.96. The standard InChI is InChI=1S/C32H42N4O4/c1-21-17-36(22(2)19-37)32(39)30-29(25-13-8-9-14-26(25)35(30)5)24-12-7-6-11-23(24)20-40-28(21)18-34(4)31(38)27-15-10-16-33(27)3/h6-9,11-14,21-22,27-28,37H,10,15-20H2,1-5H3/t21-,22+,27+,28-/m1/s1. The van der Waals surface area contributed by atoms with Crippen LogP contribution in [0.3, 0.4) is 0 Å². The number of likely N-dealkylation sites (tertiary alicyclic amines) is 1. The Hall–Kier alpha value is -3.20. The van der Waals surface area contributed by atoms with E-state index in [4.69, 9.17) is 4.74 Å². The first-order valence-corrected chi connectivity index (χ1v) is 14.4. The van der Waals surface area contributed by atoms with Crippen LogP contribution in [0.15, 0.2) is 48.5 Å². The van der Waals surface area contributed by atoms with Gasteiger partial charge in [-0.15, -0.1) is 0 Å². The number of aliphatic hydroxyl groups is 1. The Bertz CT molecular complexity index is 1380. The Balaban J connectivity index is 1.58. The molecular formula is C32H42N4O4. The van der Waals surface area contributed by atoms with Crippen molar-refractivity contribution < 1.29 is 19.4 Å². The average Bonchev–Trinajstić information content (AvgIpc) is 3.52. The van der Waals surface area contributed by atoms with Gasteiger partial charge in [0.25, 0.3) is 5.91 Å². The molecule has 2 aliphatic heterocycles. The fourth-order valence-corrected chi connectivity index (χ4v) is 6.36. The van der Waals surface area contributed by atoms with Gasteiger partial charge >= 0.3 is 0 Å². The number of carbonyl (C=O) groups is 2. The van der Waals surface area contributed by atoms with Crippen molar-refractivity contribution in [2.24, 2.45) is 13.0 Å². The zero-order chi connectivity index (χ0) is 28.6. The van der Waals surface area contributed by atoms with Crippen molar-refractivity contribution in [2.75, 3.05) is 40.3 Å². The number of amides is 2. The number of aromatic nitrogens is 1. The molecule has 8 nitrogen and oxygen atoms in total. The van der Waals surface area contributed by atoms with Gasteiger partial charge in [0, 0.05) is 49.6 Å². The van der Waals surface area contributed by atoms with Crippen LogP contribution in [-0.4, -0.2) is 94.7 Å². The maximum atomic E-state index is 14.4.